The number of hydrogen-bond acceptors (Lipinski definition) is 4. The minimum atomic E-state index is -2.59. The van der Waals surface area contributed by atoms with Crippen LogP contribution in [-0.4, -0.2) is 65.3 Å². The Bertz CT molecular complexity index is 366. The molecule has 9 heteroatoms. The van der Waals surface area contributed by atoms with Gasteiger partial charge in [0.05, 0.1) is 12.3 Å². The molecule has 1 aliphatic rings. The highest BCUT2D eigenvalue weighted by molar-refractivity contribution is 8.14. The van der Waals surface area contributed by atoms with Crippen LogP contribution in [0.3, 0.4) is 0 Å². The van der Waals surface area contributed by atoms with Crippen molar-refractivity contribution in [1.82, 2.24) is 15.1 Å². The first-order valence-corrected chi connectivity index (χ1v) is 7.22. The number of hydrogen-bond donors (Lipinski definition) is 1. The summed E-state index contributed by atoms with van der Waals surface area (Å²) in [6, 6.07) is -0.612. The van der Waals surface area contributed by atoms with Gasteiger partial charge in [-0.1, -0.05) is 18.7 Å². The van der Waals surface area contributed by atoms with Gasteiger partial charge in [0, 0.05) is 19.6 Å². The zero-order chi connectivity index (χ0) is 15.1. The van der Waals surface area contributed by atoms with Gasteiger partial charge in [-0.15, -0.1) is 0 Å². The minimum Gasteiger partial charge on any atom is -0.336 e. The Morgan fingerprint density at radius 1 is 1.50 bits per heavy atom. The monoisotopic (exact) mass is 309 g/mol. The molecule has 4 amide bonds. The third kappa shape index (κ3) is 4.95. The number of halogens is 2. The predicted octanol–water partition coefficient (Wildman–Crippen LogP) is 1.37. The van der Waals surface area contributed by atoms with Gasteiger partial charge in [-0.05, 0) is 6.42 Å². The second-order valence-corrected chi connectivity index (χ2v) is 5.10. The molecule has 0 saturated carbocycles. The second kappa shape index (κ2) is 8.03. The summed E-state index contributed by atoms with van der Waals surface area (Å²) in [5, 5.41) is 2.09. The highest BCUT2D eigenvalue weighted by Crippen LogP contribution is 2.17. The summed E-state index contributed by atoms with van der Waals surface area (Å²) >= 11 is 0.910. The van der Waals surface area contributed by atoms with Gasteiger partial charge in [-0.25, -0.2) is 13.6 Å². The van der Waals surface area contributed by atoms with E-state index in [0.29, 0.717) is 6.42 Å². The lowest BCUT2D eigenvalue weighted by Gasteiger charge is -2.22. The van der Waals surface area contributed by atoms with Crippen molar-refractivity contribution >= 4 is 28.9 Å². The lowest BCUT2D eigenvalue weighted by molar-refractivity contribution is -0.124. The summed E-state index contributed by atoms with van der Waals surface area (Å²) < 4.78 is 24.6. The molecule has 0 aromatic heterocycles. The maximum absolute atomic E-state index is 12.3. The number of alkyl halides is 2. The van der Waals surface area contributed by atoms with E-state index in [1.54, 1.807) is 6.92 Å². The highest BCUT2D eigenvalue weighted by atomic mass is 32.2. The van der Waals surface area contributed by atoms with Crippen molar-refractivity contribution in [3.8, 4) is 0 Å². The van der Waals surface area contributed by atoms with E-state index in [4.69, 9.17) is 0 Å². The van der Waals surface area contributed by atoms with Crippen LogP contribution in [0.5, 0.6) is 0 Å². The van der Waals surface area contributed by atoms with Gasteiger partial charge < -0.3 is 10.2 Å². The fraction of sp³-hybridized carbons (Fsp3) is 0.727. The van der Waals surface area contributed by atoms with Crippen LogP contribution in [-0.2, 0) is 4.79 Å². The number of rotatable bonds is 7. The molecule has 0 atom stereocenters. The molecular formula is C11H17F2N3O3S. The smallest absolute Gasteiger partial charge is 0.317 e. The molecule has 0 aromatic rings. The topological polar surface area (TPSA) is 69.7 Å². The Balaban J connectivity index is 2.37. The molecule has 6 nitrogen and oxygen atoms in total. The number of imide groups is 1. The van der Waals surface area contributed by atoms with Crippen molar-refractivity contribution in [3.63, 3.8) is 0 Å². The summed E-state index contributed by atoms with van der Waals surface area (Å²) in [5.74, 6) is -0.188. The number of amides is 4. The van der Waals surface area contributed by atoms with Crippen molar-refractivity contribution in [2.45, 2.75) is 19.8 Å². The largest absolute Gasteiger partial charge is 0.336 e. The molecule has 114 valence electrons. The molecule has 0 spiro atoms. The second-order valence-electron chi connectivity index (χ2n) is 4.17. The fourth-order valence-corrected chi connectivity index (χ4v) is 2.45. The van der Waals surface area contributed by atoms with Crippen molar-refractivity contribution in [2.24, 2.45) is 0 Å². The van der Waals surface area contributed by atoms with E-state index in [1.807, 2.05) is 0 Å². The standard InChI is InChI=1S/C11H17F2N3O3S/c1-2-4-15(6-8(12)13)10(18)14-3-5-16-9(17)7-20-11(16)19/h8H,2-7H2,1H3,(H,14,18). The summed E-state index contributed by atoms with van der Waals surface area (Å²) in [4.78, 5) is 36.4. The van der Waals surface area contributed by atoms with Crippen LogP contribution in [0.1, 0.15) is 13.3 Å². The van der Waals surface area contributed by atoms with E-state index in [1.165, 1.54) is 0 Å². The van der Waals surface area contributed by atoms with Gasteiger partial charge >= 0.3 is 6.03 Å². The number of carbonyl (C=O) groups excluding carboxylic acids is 3. The van der Waals surface area contributed by atoms with E-state index in [9.17, 15) is 23.2 Å². The van der Waals surface area contributed by atoms with Crippen LogP contribution in [0, 0.1) is 0 Å². The van der Waals surface area contributed by atoms with Gasteiger partial charge in [-0.3, -0.25) is 14.5 Å². The molecule has 1 N–H and O–H groups in total. The number of nitrogens with one attached hydrogen (secondary N) is 1. The zero-order valence-electron chi connectivity index (χ0n) is 11.1. The summed E-state index contributed by atoms with van der Waals surface area (Å²) in [6.07, 6.45) is -2.02. The molecular weight excluding hydrogens is 292 g/mol. The number of thioether (sulfide) groups is 1. The molecule has 1 saturated heterocycles. The Morgan fingerprint density at radius 2 is 2.20 bits per heavy atom. The highest BCUT2D eigenvalue weighted by Gasteiger charge is 2.29. The molecule has 0 aliphatic carbocycles. The number of carbonyl (C=O) groups is 3. The normalized spacial score (nSPS) is 15.1. The van der Waals surface area contributed by atoms with Gasteiger partial charge in [-0.2, -0.15) is 0 Å². The van der Waals surface area contributed by atoms with Crippen molar-refractivity contribution < 1.29 is 23.2 Å². The quantitative estimate of drug-likeness (QED) is 0.771. The Kier molecular flexibility index (Phi) is 6.69. The lowest BCUT2D eigenvalue weighted by atomic mass is 10.4. The van der Waals surface area contributed by atoms with E-state index in [-0.39, 0.29) is 36.5 Å². The summed E-state index contributed by atoms with van der Waals surface area (Å²) in [6.45, 7) is 1.50. The van der Waals surface area contributed by atoms with Crippen LogP contribution in [0.25, 0.3) is 0 Å². The molecule has 1 fully saturated rings. The first kappa shape index (κ1) is 16.7. The molecule has 0 bridgehead atoms. The average Bonchev–Trinajstić information content (AvgIpc) is 2.69. The van der Waals surface area contributed by atoms with E-state index < -0.39 is 19.0 Å². The number of urea groups is 1. The lowest BCUT2D eigenvalue weighted by Crippen LogP contribution is -2.45. The first-order valence-electron chi connectivity index (χ1n) is 6.23. The predicted molar refractivity (Wildman–Crippen MR) is 70.8 cm³/mol. The average molecular weight is 309 g/mol. The number of nitrogens with zero attached hydrogens (tertiary/aromatic N) is 2. The Labute approximate surface area is 119 Å². The maximum Gasteiger partial charge on any atom is 0.317 e. The summed E-state index contributed by atoms with van der Waals surface area (Å²) in [5.41, 5.74) is 0. The van der Waals surface area contributed by atoms with Crippen LogP contribution >= 0.6 is 11.8 Å². The van der Waals surface area contributed by atoms with Crippen LogP contribution in [0.2, 0.25) is 0 Å². The minimum absolute atomic E-state index is 0.0559. The van der Waals surface area contributed by atoms with Gasteiger partial charge in [0.1, 0.15) is 0 Å². The summed E-state index contributed by atoms with van der Waals surface area (Å²) in [7, 11) is 0. The van der Waals surface area contributed by atoms with E-state index in [0.717, 1.165) is 21.6 Å². The van der Waals surface area contributed by atoms with Crippen LogP contribution in [0.4, 0.5) is 18.4 Å². The first-order chi connectivity index (χ1) is 9.45. The van der Waals surface area contributed by atoms with Crippen LogP contribution < -0.4 is 5.32 Å². The van der Waals surface area contributed by atoms with E-state index in [2.05, 4.69) is 5.32 Å². The zero-order valence-corrected chi connectivity index (χ0v) is 11.9. The Morgan fingerprint density at radius 3 is 2.70 bits per heavy atom. The van der Waals surface area contributed by atoms with Gasteiger partial charge in [0.25, 0.3) is 11.7 Å². The SMILES string of the molecule is CCCN(CC(F)F)C(=O)NCCN1C(=O)CSC1=O. The van der Waals surface area contributed by atoms with E-state index >= 15 is 0 Å². The third-order valence-electron chi connectivity index (χ3n) is 2.59. The fourth-order valence-electron chi connectivity index (χ4n) is 1.70. The van der Waals surface area contributed by atoms with Gasteiger partial charge in [0.2, 0.25) is 5.91 Å². The third-order valence-corrected chi connectivity index (χ3v) is 3.45. The Hall–Kier alpha value is -1.38. The van der Waals surface area contributed by atoms with Crippen molar-refractivity contribution in [3.05, 3.63) is 0 Å². The molecule has 1 heterocycles. The maximum atomic E-state index is 12.3. The molecule has 1 aliphatic heterocycles. The molecule has 0 unspecified atom stereocenters. The van der Waals surface area contributed by atoms with Crippen molar-refractivity contribution in [2.75, 3.05) is 31.9 Å². The molecule has 1 rings (SSSR count). The molecule has 20 heavy (non-hydrogen) atoms. The molecule has 0 radical (unpaired) electrons. The molecule has 0 aromatic carbocycles. The van der Waals surface area contributed by atoms with Crippen LogP contribution in [0.15, 0.2) is 0 Å². The van der Waals surface area contributed by atoms with Gasteiger partial charge in [0.15, 0.2) is 0 Å². The van der Waals surface area contributed by atoms with Crippen molar-refractivity contribution in [1.29, 1.82) is 0 Å².